The van der Waals surface area contributed by atoms with Crippen molar-refractivity contribution in [3.8, 4) is 0 Å². The summed E-state index contributed by atoms with van der Waals surface area (Å²) < 4.78 is 12.9. The molecule has 1 rings (SSSR count). The van der Waals surface area contributed by atoms with Crippen LogP contribution < -0.4 is 10.2 Å². The maximum Gasteiger partial charge on any atom is 0.123 e. The molecular formula is C14H23FN2. The molecule has 2 nitrogen and oxygen atoms in total. The zero-order valence-corrected chi connectivity index (χ0v) is 11.3. The largest absolute Gasteiger partial charge is 0.370 e. The second kappa shape index (κ2) is 6.01. The minimum absolute atomic E-state index is 0.0547. The van der Waals surface area contributed by atoms with E-state index in [9.17, 15) is 4.39 Å². The van der Waals surface area contributed by atoms with Gasteiger partial charge in [0.2, 0.25) is 0 Å². The van der Waals surface area contributed by atoms with Crippen molar-refractivity contribution in [1.29, 1.82) is 0 Å². The fraction of sp³-hybridized carbons (Fsp3) is 0.571. The minimum atomic E-state index is -0.184. The first-order chi connectivity index (χ1) is 7.98. The van der Waals surface area contributed by atoms with E-state index < -0.39 is 0 Å². The molecule has 0 aliphatic heterocycles. The molecule has 0 spiro atoms. The van der Waals surface area contributed by atoms with E-state index in [1.807, 2.05) is 12.1 Å². The van der Waals surface area contributed by atoms with Gasteiger partial charge in [-0.15, -0.1) is 0 Å². The van der Waals surface area contributed by atoms with Crippen molar-refractivity contribution in [1.82, 2.24) is 5.32 Å². The lowest BCUT2D eigenvalue weighted by molar-refractivity contribution is 0.398. The number of hydrogen-bond donors (Lipinski definition) is 1. The first kappa shape index (κ1) is 14.0. The Hall–Kier alpha value is -1.09. The number of likely N-dealkylation sites (N-methyl/N-ethyl adjacent to an activating group) is 2. The Kier molecular flexibility index (Phi) is 4.94. The summed E-state index contributed by atoms with van der Waals surface area (Å²) >= 11 is 0. The molecule has 0 heterocycles. The van der Waals surface area contributed by atoms with E-state index >= 15 is 0 Å². The molecule has 1 aromatic carbocycles. The molecule has 1 aromatic rings. The van der Waals surface area contributed by atoms with Crippen LogP contribution in [0.25, 0.3) is 0 Å². The van der Waals surface area contributed by atoms with E-state index in [1.54, 1.807) is 0 Å². The molecule has 0 aromatic heterocycles. The van der Waals surface area contributed by atoms with Gasteiger partial charge in [0, 0.05) is 24.3 Å². The predicted molar refractivity (Wildman–Crippen MR) is 72.0 cm³/mol. The number of hydrogen-bond acceptors (Lipinski definition) is 2. The van der Waals surface area contributed by atoms with Crippen LogP contribution in [0.4, 0.5) is 10.1 Å². The average Bonchev–Trinajstić information content (AvgIpc) is 2.27. The quantitative estimate of drug-likeness (QED) is 0.819. The van der Waals surface area contributed by atoms with Gasteiger partial charge in [0.1, 0.15) is 5.82 Å². The van der Waals surface area contributed by atoms with Crippen molar-refractivity contribution in [3.05, 3.63) is 30.1 Å². The molecule has 0 saturated carbocycles. The fourth-order valence-corrected chi connectivity index (χ4v) is 2.05. The number of rotatable bonds is 6. The number of nitrogens with one attached hydrogen (secondary N) is 1. The normalized spacial score (nSPS) is 11.6. The topological polar surface area (TPSA) is 15.3 Å². The molecule has 0 unspecified atom stereocenters. The Labute approximate surface area is 104 Å². The highest BCUT2D eigenvalue weighted by atomic mass is 19.1. The summed E-state index contributed by atoms with van der Waals surface area (Å²) in [7, 11) is 0. The van der Waals surface area contributed by atoms with Gasteiger partial charge in [-0.25, -0.2) is 4.39 Å². The fourth-order valence-electron chi connectivity index (χ4n) is 2.05. The van der Waals surface area contributed by atoms with Crippen LogP contribution in [0.15, 0.2) is 24.3 Å². The molecule has 0 saturated heterocycles. The van der Waals surface area contributed by atoms with Gasteiger partial charge in [-0.05, 0) is 51.6 Å². The number of benzene rings is 1. The molecule has 0 bridgehead atoms. The smallest absolute Gasteiger partial charge is 0.123 e. The van der Waals surface area contributed by atoms with Gasteiger partial charge in [-0.2, -0.15) is 0 Å². The Morgan fingerprint density at radius 1 is 1.18 bits per heavy atom. The lowest BCUT2D eigenvalue weighted by atomic mass is 10.0. The summed E-state index contributed by atoms with van der Waals surface area (Å²) in [6.45, 7) is 11.4. The van der Waals surface area contributed by atoms with Crippen LogP contribution in [-0.4, -0.2) is 25.2 Å². The third kappa shape index (κ3) is 4.35. The summed E-state index contributed by atoms with van der Waals surface area (Å²) in [5.41, 5.74) is 1.12. The van der Waals surface area contributed by atoms with Crippen molar-refractivity contribution >= 4 is 5.69 Å². The first-order valence-corrected chi connectivity index (χ1v) is 6.24. The highest BCUT2D eigenvalue weighted by Gasteiger charge is 2.19. The SMILES string of the molecule is CCNC(C)(C)CN(CC)c1ccc(F)cc1. The lowest BCUT2D eigenvalue weighted by Crippen LogP contribution is -2.49. The third-order valence-electron chi connectivity index (χ3n) is 2.81. The molecule has 0 atom stereocenters. The van der Waals surface area contributed by atoms with Gasteiger partial charge < -0.3 is 10.2 Å². The van der Waals surface area contributed by atoms with E-state index in [4.69, 9.17) is 0 Å². The van der Waals surface area contributed by atoms with Crippen molar-refractivity contribution in [2.45, 2.75) is 33.2 Å². The molecule has 0 amide bonds. The van der Waals surface area contributed by atoms with Gasteiger partial charge in [0.15, 0.2) is 0 Å². The summed E-state index contributed by atoms with van der Waals surface area (Å²) in [6, 6.07) is 6.69. The molecule has 0 aliphatic carbocycles. The van der Waals surface area contributed by atoms with Gasteiger partial charge in [-0.1, -0.05) is 6.92 Å². The van der Waals surface area contributed by atoms with Crippen LogP contribution in [0.5, 0.6) is 0 Å². The summed E-state index contributed by atoms with van der Waals surface area (Å²) in [5, 5.41) is 3.45. The van der Waals surface area contributed by atoms with Gasteiger partial charge in [0.25, 0.3) is 0 Å². The maximum absolute atomic E-state index is 12.9. The second-order valence-corrected chi connectivity index (χ2v) is 4.90. The monoisotopic (exact) mass is 238 g/mol. The predicted octanol–water partition coefficient (Wildman–Crippen LogP) is 3.04. The molecule has 96 valence electrons. The first-order valence-electron chi connectivity index (χ1n) is 6.24. The molecular weight excluding hydrogens is 215 g/mol. The van der Waals surface area contributed by atoms with E-state index in [-0.39, 0.29) is 11.4 Å². The zero-order chi connectivity index (χ0) is 12.9. The van der Waals surface area contributed by atoms with Crippen molar-refractivity contribution in [2.75, 3.05) is 24.5 Å². The average molecular weight is 238 g/mol. The Morgan fingerprint density at radius 2 is 1.76 bits per heavy atom. The molecule has 0 fully saturated rings. The minimum Gasteiger partial charge on any atom is -0.370 e. The van der Waals surface area contributed by atoms with E-state index in [2.05, 4.69) is 37.9 Å². The number of anilines is 1. The summed E-state index contributed by atoms with van der Waals surface area (Å²) in [4.78, 5) is 2.25. The Morgan fingerprint density at radius 3 is 2.24 bits per heavy atom. The Bertz CT molecular complexity index is 333. The van der Waals surface area contributed by atoms with E-state index in [0.717, 1.165) is 25.3 Å². The Balaban J connectivity index is 2.75. The van der Waals surface area contributed by atoms with Crippen LogP contribution in [0.2, 0.25) is 0 Å². The molecule has 3 heteroatoms. The van der Waals surface area contributed by atoms with Crippen LogP contribution in [0, 0.1) is 5.82 Å². The zero-order valence-electron chi connectivity index (χ0n) is 11.3. The molecule has 0 aliphatic rings. The van der Waals surface area contributed by atoms with Crippen molar-refractivity contribution in [3.63, 3.8) is 0 Å². The highest BCUT2D eigenvalue weighted by Crippen LogP contribution is 2.17. The highest BCUT2D eigenvalue weighted by molar-refractivity contribution is 5.46. The van der Waals surface area contributed by atoms with Crippen molar-refractivity contribution in [2.24, 2.45) is 0 Å². The number of halogens is 1. The third-order valence-corrected chi connectivity index (χ3v) is 2.81. The second-order valence-electron chi connectivity index (χ2n) is 4.90. The van der Waals surface area contributed by atoms with Crippen LogP contribution >= 0.6 is 0 Å². The van der Waals surface area contributed by atoms with Crippen molar-refractivity contribution < 1.29 is 4.39 Å². The standard InChI is InChI=1S/C14H23FN2/c1-5-16-14(3,4)11-17(6-2)13-9-7-12(15)8-10-13/h7-10,16H,5-6,11H2,1-4H3. The van der Waals surface area contributed by atoms with Crippen LogP contribution in [0.3, 0.4) is 0 Å². The summed E-state index contributed by atoms with van der Waals surface area (Å²) in [6.07, 6.45) is 0. The lowest BCUT2D eigenvalue weighted by Gasteiger charge is -2.34. The van der Waals surface area contributed by atoms with Gasteiger partial charge in [-0.3, -0.25) is 0 Å². The van der Waals surface area contributed by atoms with E-state index in [1.165, 1.54) is 12.1 Å². The molecule has 1 N–H and O–H groups in total. The summed E-state index contributed by atoms with van der Waals surface area (Å²) in [5.74, 6) is -0.184. The van der Waals surface area contributed by atoms with Crippen LogP contribution in [0.1, 0.15) is 27.7 Å². The molecule has 17 heavy (non-hydrogen) atoms. The number of nitrogens with zero attached hydrogens (tertiary/aromatic N) is 1. The van der Waals surface area contributed by atoms with Crippen LogP contribution in [-0.2, 0) is 0 Å². The van der Waals surface area contributed by atoms with Gasteiger partial charge in [0.05, 0.1) is 0 Å². The molecule has 0 radical (unpaired) electrons. The van der Waals surface area contributed by atoms with E-state index in [0.29, 0.717) is 0 Å². The van der Waals surface area contributed by atoms with Gasteiger partial charge >= 0.3 is 0 Å². The maximum atomic E-state index is 12.9.